The molecule has 2 aliphatic heterocycles. The highest BCUT2D eigenvalue weighted by atomic mass is 32.2. The van der Waals surface area contributed by atoms with Crippen LogP contribution >= 0.6 is 11.8 Å². The number of ether oxygens (including phenoxy) is 2. The van der Waals surface area contributed by atoms with Crippen LogP contribution in [0.3, 0.4) is 0 Å². The van der Waals surface area contributed by atoms with Crippen molar-refractivity contribution >= 4 is 16.8 Å². The van der Waals surface area contributed by atoms with E-state index in [1.165, 1.54) is 0 Å². The quantitative estimate of drug-likeness (QED) is 0.566. The lowest BCUT2D eigenvalue weighted by molar-refractivity contribution is -0.318. The maximum Gasteiger partial charge on any atom is 0.320 e. The number of benzene rings is 1. The Labute approximate surface area is 136 Å². The van der Waals surface area contributed by atoms with Crippen molar-refractivity contribution in [3.05, 3.63) is 29.8 Å². The fourth-order valence-electron chi connectivity index (χ4n) is 2.39. The van der Waals surface area contributed by atoms with Gasteiger partial charge in [0.2, 0.25) is 0 Å². The topological polar surface area (TPSA) is 121 Å². The van der Waals surface area contributed by atoms with Crippen molar-refractivity contribution in [3.63, 3.8) is 0 Å². The lowest BCUT2D eigenvalue weighted by Gasteiger charge is -2.43. The summed E-state index contributed by atoms with van der Waals surface area (Å²) in [6.45, 7) is -0.533. The highest BCUT2D eigenvalue weighted by Crippen LogP contribution is 2.45. The first kappa shape index (κ1) is 16.5. The van der Waals surface area contributed by atoms with E-state index in [9.17, 15) is 20.4 Å². The van der Waals surface area contributed by atoms with Gasteiger partial charge in [-0.25, -0.2) is 0 Å². The monoisotopic (exact) mass is 343 g/mol. The summed E-state index contributed by atoms with van der Waals surface area (Å²) in [5.41, 5.74) is 0.713. The largest absolute Gasteiger partial charge is 0.497 e. The summed E-state index contributed by atoms with van der Waals surface area (Å²) in [4.78, 5) is 5.23. The Balaban J connectivity index is 1.80. The number of thioether (sulfide) groups is 1. The van der Waals surface area contributed by atoms with Crippen LogP contribution in [0.1, 0.15) is 5.56 Å². The number of nitrogens with zero attached hydrogens (tertiary/aromatic N) is 1. The number of aliphatic hydroxyl groups is 4. The van der Waals surface area contributed by atoms with E-state index in [4.69, 9.17) is 14.3 Å². The van der Waals surface area contributed by atoms with Crippen LogP contribution in [-0.4, -0.2) is 68.7 Å². The lowest BCUT2D eigenvalue weighted by atomic mass is 9.99. The van der Waals surface area contributed by atoms with Gasteiger partial charge < -0.3 is 34.7 Å². The first-order chi connectivity index (χ1) is 11.0. The number of hydrogen-bond donors (Lipinski definition) is 4. The van der Waals surface area contributed by atoms with Crippen LogP contribution in [0.15, 0.2) is 29.4 Å². The van der Waals surface area contributed by atoms with E-state index in [0.29, 0.717) is 16.4 Å². The second kappa shape index (κ2) is 6.27. The molecule has 2 heterocycles. The van der Waals surface area contributed by atoms with Crippen LogP contribution in [-0.2, 0) is 9.57 Å². The molecule has 0 aliphatic carbocycles. The second-order valence-corrected chi connectivity index (χ2v) is 6.35. The third kappa shape index (κ3) is 2.80. The van der Waals surface area contributed by atoms with E-state index < -0.39 is 36.1 Å². The maximum atomic E-state index is 10.2. The fraction of sp³-hybridized carbons (Fsp3) is 0.500. The highest BCUT2D eigenvalue weighted by molar-refractivity contribution is 8.15. The molecule has 1 aromatic rings. The molecule has 1 spiro atoms. The zero-order chi connectivity index (χ0) is 16.6. The average molecular weight is 343 g/mol. The molecule has 3 rings (SSSR count). The number of hydrogen-bond acceptors (Lipinski definition) is 9. The predicted octanol–water partition coefficient (Wildman–Crippen LogP) is -0.752. The number of methoxy groups -OCH3 is 1. The molecule has 2 aliphatic rings. The molecule has 126 valence electrons. The Morgan fingerprint density at radius 1 is 1.22 bits per heavy atom. The molecule has 1 fully saturated rings. The summed E-state index contributed by atoms with van der Waals surface area (Å²) >= 11 is 0.966. The summed E-state index contributed by atoms with van der Waals surface area (Å²) in [6.07, 6.45) is -5.58. The van der Waals surface area contributed by atoms with Gasteiger partial charge in [0.05, 0.1) is 13.7 Å². The average Bonchev–Trinajstić information content (AvgIpc) is 3.02. The zero-order valence-corrected chi connectivity index (χ0v) is 13.0. The molecule has 8 nitrogen and oxygen atoms in total. The number of rotatable bonds is 3. The minimum atomic E-state index is -1.71. The van der Waals surface area contributed by atoms with Gasteiger partial charge in [0.1, 0.15) is 29.1 Å². The van der Waals surface area contributed by atoms with Crippen LogP contribution in [0.5, 0.6) is 5.75 Å². The van der Waals surface area contributed by atoms with Gasteiger partial charge in [0, 0.05) is 5.56 Å². The minimum Gasteiger partial charge on any atom is -0.497 e. The van der Waals surface area contributed by atoms with Crippen molar-refractivity contribution in [2.24, 2.45) is 5.16 Å². The van der Waals surface area contributed by atoms with Crippen LogP contribution < -0.4 is 4.74 Å². The summed E-state index contributed by atoms with van der Waals surface area (Å²) in [5, 5.41) is 41.8. The molecule has 0 radical (unpaired) electrons. The molecule has 9 heteroatoms. The third-order valence-electron chi connectivity index (χ3n) is 3.74. The van der Waals surface area contributed by atoms with Crippen molar-refractivity contribution in [1.29, 1.82) is 0 Å². The molecule has 1 unspecified atom stereocenters. The summed E-state index contributed by atoms with van der Waals surface area (Å²) in [7, 11) is 1.56. The molecule has 23 heavy (non-hydrogen) atoms. The van der Waals surface area contributed by atoms with Gasteiger partial charge >= 0.3 is 5.12 Å². The minimum absolute atomic E-state index is 0.437. The molecule has 0 aromatic heterocycles. The predicted molar refractivity (Wildman–Crippen MR) is 80.9 cm³/mol. The number of aliphatic hydroxyl groups excluding tert-OH is 4. The molecule has 0 amide bonds. The maximum absolute atomic E-state index is 10.2. The Hall–Kier alpha value is -1.36. The van der Waals surface area contributed by atoms with Crippen LogP contribution in [0.2, 0.25) is 0 Å². The molecule has 5 atom stereocenters. The third-order valence-corrected chi connectivity index (χ3v) is 4.94. The van der Waals surface area contributed by atoms with Gasteiger partial charge in [-0.1, -0.05) is 5.16 Å². The van der Waals surface area contributed by atoms with Crippen molar-refractivity contribution in [3.8, 4) is 5.75 Å². The van der Waals surface area contributed by atoms with Gasteiger partial charge in [0.15, 0.2) is 6.10 Å². The highest BCUT2D eigenvalue weighted by Gasteiger charge is 2.59. The number of oxime groups is 1. The summed E-state index contributed by atoms with van der Waals surface area (Å²) in [6, 6.07) is 7.02. The van der Waals surface area contributed by atoms with Crippen LogP contribution in [0.25, 0.3) is 0 Å². The molecule has 0 saturated carbocycles. The van der Waals surface area contributed by atoms with E-state index >= 15 is 0 Å². The van der Waals surface area contributed by atoms with E-state index in [0.717, 1.165) is 11.8 Å². The first-order valence-corrected chi connectivity index (χ1v) is 7.75. The Morgan fingerprint density at radius 3 is 2.52 bits per heavy atom. The SMILES string of the molecule is COc1ccc(C2=NOC3(O[C@H](CO)[C@@H](O)[C@H](O)[C@H]3O)S2)cc1. The van der Waals surface area contributed by atoms with Crippen molar-refractivity contribution in [2.75, 3.05) is 13.7 Å². The van der Waals surface area contributed by atoms with E-state index in [1.807, 2.05) is 0 Å². The Bertz CT molecular complexity index is 593. The van der Waals surface area contributed by atoms with Crippen molar-refractivity contribution < 1.29 is 34.7 Å². The second-order valence-electron chi connectivity index (χ2n) is 5.19. The first-order valence-electron chi connectivity index (χ1n) is 6.93. The van der Waals surface area contributed by atoms with Crippen molar-refractivity contribution in [1.82, 2.24) is 0 Å². The zero-order valence-electron chi connectivity index (χ0n) is 12.2. The Morgan fingerprint density at radius 2 is 1.91 bits per heavy atom. The van der Waals surface area contributed by atoms with E-state index in [2.05, 4.69) is 5.16 Å². The van der Waals surface area contributed by atoms with Gasteiger partial charge in [-0.2, -0.15) is 0 Å². The smallest absolute Gasteiger partial charge is 0.320 e. The van der Waals surface area contributed by atoms with Crippen LogP contribution in [0, 0.1) is 0 Å². The van der Waals surface area contributed by atoms with Crippen LogP contribution in [0.4, 0.5) is 0 Å². The standard InChI is InChI=1S/C14H17NO7S/c1-20-8-4-2-7(3-5-8)13-15-22-14(23-13)12(19)11(18)10(17)9(6-16)21-14/h2-5,9-12,16-19H,6H2,1H3/t9-,10-,11+,12-,14?/m1/s1. The van der Waals surface area contributed by atoms with Gasteiger partial charge in [0.25, 0.3) is 0 Å². The molecule has 1 aromatic carbocycles. The summed E-state index contributed by atoms with van der Waals surface area (Å²) in [5.74, 6) is 0.681. The molecular formula is C14H17NO7S. The molecular weight excluding hydrogens is 326 g/mol. The van der Waals surface area contributed by atoms with Gasteiger partial charge in [-0.15, -0.1) is 0 Å². The Kier molecular flexibility index (Phi) is 4.50. The van der Waals surface area contributed by atoms with E-state index in [1.54, 1.807) is 31.4 Å². The molecule has 0 bridgehead atoms. The lowest BCUT2D eigenvalue weighted by Crippen LogP contribution is -2.63. The van der Waals surface area contributed by atoms with Gasteiger partial charge in [-0.05, 0) is 36.0 Å². The fourth-order valence-corrected chi connectivity index (χ4v) is 3.50. The van der Waals surface area contributed by atoms with E-state index in [-0.39, 0.29) is 0 Å². The normalized spacial score (nSPS) is 36.7. The van der Waals surface area contributed by atoms with Gasteiger partial charge in [-0.3, -0.25) is 0 Å². The van der Waals surface area contributed by atoms with Crippen molar-refractivity contribution in [2.45, 2.75) is 29.5 Å². The summed E-state index contributed by atoms with van der Waals surface area (Å²) < 4.78 is 10.5. The molecule has 1 saturated heterocycles. The molecule has 4 N–H and O–H groups in total.